The van der Waals surface area contributed by atoms with E-state index in [9.17, 15) is 10.5 Å². The standard InChI is InChI=1S/C26H17Cl2N5O/c27-23-7-4-8-24(28)22(23)16-34-20-11-9-17(10-12-20)13-18(14-29)25-21(15-30)26(31)33(32-25)19-5-2-1-3-6-19/h1-13H,16,31H2/b18-13+. The SMILES string of the molecule is N#C/C(=C\c1ccc(OCc2c(Cl)cccc2Cl)cc1)c1nn(-c2ccccc2)c(N)c1C#N. The minimum atomic E-state index is 0.147. The molecule has 34 heavy (non-hydrogen) atoms. The van der Waals surface area contributed by atoms with Crippen LogP contribution < -0.4 is 10.5 Å². The summed E-state index contributed by atoms with van der Waals surface area (Å²) < 4.78 is 7.25. The molecule has 0 aliphatic rings. The number of anilines is 1. The van der Waals surface area contributed by atoms with Crippen molar-refractivity contribution in [2.75, 3.05) is 5.73 Å². The number of nitriles is 2. The van der Waals surface area contributed by atoms with Gasteiger partial charge in [-0.25, -0.2) is 4.68 Å². The van der Waals surface area contributed by atoms with Gasteiger partial charge in [0.05, 0.1) is 11.3 Å². The Kier molecular flexibility index (Phi) is 6.85. The van der Waals surface area contributed by atoms with E-state index in [1.54, 1.807) is 48.5 Å². The van der Waals surface area contributed by atoms with Crippen molar-refractivity contribution in [3.05, 3.63) is 105 Å². The van der Waals surface area contributed by atoms with Crippen LogP contribution in [0.2, 0.25) is 10.0 Å². The monoisotopic (exact) mass is 485 g/mol. The summed E-state index contributed by atoms with van der Waals surface area (Å²) in [6.07, 6.45) is 1.65. The number of nitrogen functional groups attached to an aromatic ring is 1. The highest BCUT2D eigenvalue weighted by Crippen LogP contribution is 2.28. The summed E-state index contributed by atoms with van der Waals surface area (Å²) in [5, 5.41) is 24.9. The van der Waals surface area contributed by atoms with Gasteiger partial charge >= 0.3 is 0 Å². The molecule has 0 saturated heterocycles. The van der Waals surface area contributed by atoms with Crippen molar-refractivity contribution in [3.63, 3.8) is 0 Å². The van der Waals surface area contributed by atoms with Gasteiger partial charge in [-0.05, 0) is 48.0 Å². The fraction of sp³-hybridized carbons (Fsp3) is 0.0385. The summed E-state index contributed by atoms with van der Waals surface area (Å²) in [6.45, 7) is 0.221. The number of ether oxygens (including phenoxy) is 1. The number of benzene rings is 3. The number of allylic oxidation sites excluding steroid dienone is 1. The molecule has 0 aliphatic carbocycles. The molecule has 0 bridgehead atoms. The van der Waals surface area contributed by atoms with Crippen molar-refractivity contribution >= 4 is 40.7 Å². The molecule has 0 spiro atoms. The van der Waals surface area contributed by atoms with Crippen molar-refractivity contribution in [2.24, 2.45) is 0 Å². The highest BCUT2D eigenvalue weighted by Gasteiger charge is 2.20. The summed E-state index contributed by atoms with van der Waals surface area (Å²) in [7, 11) is 0. The maximum absolute atomic E-state index is 9.78. The summed E-state index contributed by atoms with van der Waals surface area (Å²) in [6, 6.07) is 25.8. The molecule has 0 unspecified atom stereocenters. The van der Waals surface area contributed by atoms with Crippen molar-refractivity contribution in [1.82, 2.24) is 9.78 Å². The van der Waals surface area contributed by atoms with Gasteiger partial charge in [-0.1, -0.05) is 59.6 Å². The summed E-state index contributed by atoms with van der Waals surface area (Å²) in [4.78, 5) is 0. The van der Waals surface area contributed by atoms with Gasteiger partial charge in [-0.15, -0.1) is 0 Å². The minimum absolute atomic E-state index is 0.147. The van der Waals surface area contributed by atoms with Crippen LogP contribution in [0.4, 0.5) is 5.82 Å². The first kappa shape index (κ1) is 22.9. The molecule has 1 aromatic heterocycles. The van der Waals surface area contributed by atoms with Gasteiger partial charge < -0.3 is 10.5 Å². The predicted molar refractivity (Wildman–Crippen MR) is 133 cm³/mol. The first-order chi connectivity index (χ1) is 16.5. The highest BCUT2D eigenvalue weighted by molar-refractivity contribution is 6.35. The number of hydrogen-bond acceptors (Lipinski definition) is 5. The first-order valence-corrected chi connectivity index (χ1v) is 10.9. The predicted octanol–water partition coefficient (Wildman–Crippen LogP) is 6.28. The Morgan fingerprint density at radius 2 is 1.65 bits per heavy atom. The van der Waals surface area contributed by atoms with E-state index in [-0.39, 0.29) is 29.3 Å². The molecule has 0 aliphatic heterocycles. The van der Waals surface area contributed by atoms with Crippen LogP contribution in [-0.2, 0) is 6.61 Å². The van der Waals surface area contributed by atoms with E-state index >= 15 is 0 Å². The number of rotatable bonds is 6. The van der Waals surface area contributed by atoms with Crippen molar-refractivity contribution in [1.29, 1.82) is 10.5 Å². The van der Waals surface area contributed by atoms with Gasteiger partial charge in [0, 0.05) is 15.6 Å². The van der Waals surface area contributed by atoms with E-state index in [0.717, 1.165) is 5.56 Å². The average Bonchev–Trinajstić information content (AvgIpc) is 3.19. The number of aromatic nitrogens is 2. The lowest BCUT2D eigenvalue weighted by Gasteiger charge is -2.09. The Morgan fingerprint density at radius 1 is 0.971 bits per heavy atom. The lowest BCUT2D eigenvalue weighted by atomic mass is 10.1. The quantitative estimate of drug-likeness (QED) is 0.324. The van der Waals surface area contributed by atoms with Crippen LogP contribution in [0.1, 0.15) is 22.4 Å². The lowest BCUT2D eigenvalue weighted by molar-refractivity contribution is 0.306. The molecule has 0 fully saturated rings. The third-order valence-electron chi connectivity index (χ3n) is 5.05. The second kappa shape index (κ2) is 10.1. The second-order valence-corrected chi connectivity index (χ2v) is 8.01. The van der Waals surface area contributed by atoms with Crippen LogP contribution in [0, 0.1) is 22.7 Å². The summed E-state index contributed by atoms with van der Waals surface area (Å²) in [5.74, 6) is 0.786. The Balaban J connectivity index is 1.59. The zero-order chi connectivity index (χ0) is 24.1. The molecule has 0 amide bonds. The van der Waals surface area contributed by atoms with Gasteiger partial charge in [0.15, 0.2) is 0 Å². The molecular weight excluding hydrogens is 469 g/mol. The van der Waals surface area contributed by atoms with Crippen LogP contribution >= 0.6 is 23.2 Å². The van der Waals surface area contributed by atoms with Gasteiger partial charge in [-0.3, -0.25) is 0 Å². The van der Waals surface area contributed by atoms with Crippen LogP contribution in [0.3, 0.4) is 0 Å². The van der Waals surface area contributed by atoms with Crippen LogP contribution in [0.15, 0.2) is 72.8 Å². The highest BCUT2D eigenvalue weighted by atomic mass is 35.5. The average molecular weight is 486 g/mol. The molecule has 2 N–H and O–H groups in total. The van der Waals surface area contributed by atoms with E-state index in [0.29, 0.717) is 27.0 Å². The van der Waals surface area contributed by atoms with E-state index < -0.39 is 0 Å². The van der Waals surface area contributed by atoms with Crippen molar-refractivity contribution < 1.29 is 4.74 Å². The molecule has 0 atom stereocenters. The molecule has 4 aromatic rings. The molecule has 8 heteroatoms. The lowest BCUT2D eigenvalue weighted by Crippen LogP contribution is -2.02. The van der Waals surface area contributed by atoms with Crippen molar-refractivity contribution in [3.8, 4) is 23.6 Å². The minimum Gasteiger partial charge on any atom is -0.489 e. The Morgan fingerprint density at radius 3 is 2.26 bits per heavy atom. The fourth-order valence-electron chi connectivity index (χ4n) is 3.30. The van der Waals surface area contributed by atoms with E-state index in [4.69, 9.17) is 33.7 Å². The molecule has 6 nitrogen and oxygen atoms in total. The molecule has 0 saturated carbocycles. The Bertz CT molecular complexity index is 1430. The number of halogens is 2. The van der Waals surface area contributed by atoms with E-state index in [2.05, 4.69) is 17.2 Å². The maximum Gasteiger partial charge on any atom is 0.145 e. The topological polar surface area (TPSA) is 101 Å². The smallest absolute Gasteiger partial charge is 0.145 e. The zero-order valence-corrected chi connectivity index (χ0v) is 19.3. The van der Waals surface area contributed by atoms with Gasteiger partial charge in [0.25, 0.3) is 0 Å². The number of nitrogens with zero attached hydrogens (tertiary/aromatic N) is 4. The Hall–Kier alpha value is -4.23. The largest absolute Gasteiger partial charge is 0.489 e. The van der Waals surface area contributed by atoms with E-state index in [1.165, 1.54) is 4.68 Å². The van der Waals surface area contributed by atoms with Crippen LogP contribution in [-0.4, -0.2) is 9.78 Å². The van der Waals surface area contributed by atoms with Gasteiger partial charge in [-0.2, -0.15) is 15.6 Å². The number of nitrogens with two attached hydrogens (primary N) is 1. The summed E-state index contributed by atoms with van der Waals surface area (Å²) >= 11 is 12.4. The molecule has 1 heterocycles. The molecule has 3 aromatic carbocycles. The second-order valence-electron chi connectivity index (χ2n) is 7.20. The van der Waals surface area contributed by atoms with Crippen LogP contribution in [0.5, 0.6) is 5.75 Å². The number of hydrogen-bond donors (Lipinski definition) is 1. The maximum atomic E-state index is 9.78. The molecule has 166 valence electrons. The molecular formula is C26H17Cl2N5O. The molecule has 0 radical (unpaired) electrons. The molecule has 4 rings (SSSR count). The Labute approximate surface area is 206 Å². The van der Waals surface area contributed by atoms with Crippen LogP contribution in [0.25, 0.3) is 17.3 Å². The fourth-order valence-corrected chi connectivity index (χ4v) is 3.81. The van der Waals surface area contributed by atoms with Gasteiger partial charge in [0.1, 0.15) is 41.6 Å². The first-order valence-electron chi connectivity index (χ1n) is 10.1. The summed E-state index contributed by atoms with van der Waals surface area (Å²) in [5.41, 5.74) is 8.88. The zero-order valence-electron chi connectivity index (χ0n) is 17.7. The van der Waals surface area contributed by atoms with E-state index in [1.807, 2.05) is 30.3 Å². The third kappa shape index (κ3) is 4.74. The van der Waals surface area contributed by atoms with Crippen molar-refractivity contribution in [2.45, 2.75) is 6.61 Å². The van der Waals surface area contributed by atoms with Gasteiger partial charge in [0.2, 0.25) is 0 Å². The number of para-hydroxylation sites is 1. The third-order valence-corrected chi connectivity index (χ3v) is 5.75. The normalized spacial score (nSPS) is 11.0.